The predicted octanol–water partition coefficient (Wildman–Crippen LogP) is 2.91. The van der Waals surface area contributed by atoms with Crippen LogP contribution in [0.1, 0.15) is 58.8 Å². The van der Waals surface area contributed by atoms with Crippen LogP contribution in [0.3, 0.4) is 0 Å². The van der Waals surface area contributed by atoms with E-state index in [0.717, 1.165) is 19.4 Å². The van der Waals surface area contributed by atoms with Gasteiger partial charge >= 0.3 is 0 Å². The Morgan fingerprint density at radius 2 is 1.94 bits per heavy atom. The first-order valence-corrected chi connectivity index (χ1v) is 6.89. The lowest BCUT2D eigenvalue weighted by atomic mass is 9.68. The smallest absolute Gasteiger partial charge is 0.143 e. The average Bonchev–Trinajstić information content (AvgIpc) is 2.50. The highest BCUT2D eigenvalue weighted by Gasteiger charge is 2.40. The maximum atomic E-state index is 12.4. The lowest BCUT2D eigenvalue weighted by Crippen LogP contribution is -2.46. The van der Waals surface area contributed by atoms with Gasteiger partial charge in [-0.05, 0) is 32.2 Å². The molecule has 92 valence electrons. The quantitative estimate of drug-likeness (QED) is 0.740. The Bertz CT molecular complexity index is 251. The van der Waals surface area contributed by atoms with Crippen LogP contribution in [0.4, 0.5) is 0 Å². The molecule has 1 N–H and O–H groups in total. The summed E-state index contributed by atoms with van der Waals surface area (Å²) < 4.78 is 0. The lowest BCUT2D eigenvalue weighted by Gasteiger charge is -2.37. The highest BCUT2D eigenvalue weighted by molar-refractivity contribution is 5.87. The maximum Gasteiger partial charge on any atom is 0.143 e. The van der Waals surface area contributed by atoms with Crippen LogP contribution in [0, 0.1) is 11.3 Å². The van der Waals surface area contributed by atoms with Crippen molar-refractivity contribution < 1.29 is 4.79 Å². The summed E-state index contributed by atoms with van der Waals surface area (Å²) in [6, 6.07) is 0.467. The zero-order chi connectivity index (χ0) is 11.6. The molecule has 0 bridgehead atoms. The molecule has 2 aliphatic rings. The molecule has 1 saturated heterocycles. The van der Waals surface area contributed by atoms with E-state index in [0.29, 0.717) is 17.7 Å². The maximum absolute atomic E-state index is 12.4. The molecule has 0 aromatic rings. The molecule has 0 radical (unpaired) electrons. The Hall–Kier alpha value is -0.370. The van der Waals surface area contributed by atoms with Gasteiger partial charge in [0.15, 0.2) is 0 Å². The van der Waals surface area contributed by atoms with Crippen molar-refractivity contribution in [1.29, 1.82) is 0 Å². The number of ketones is 1. The summed E-state index contributed by atoms with van der Waals surface area (Å²) in [5, 5.41) is 3.60. The molecule has 0 spiro atoms. The third-order valence-electron chi connectivity index (χ3n) is 4.40. The molecule has 2 heteroatoms. The molecule has 2 nitrogen and oxygen atoms in total. The number of hydrogen-bond acceptors (Lipinski definition) is 2. The molecule has 2 atom stereocenters. The molecule has 1 aliphatic heterocycles. The minimum atomic E-state index is -0.0725. The third kappa shape index (κ3) is 2.48. The van der Waals surface area contributed by atoms with Gasteiger partial charge in [0.1, 0.15) is 5.78 Å². The van der Waals surface area contributed by atoms with Crippen molar-refractivity contribution in [2.45, 2.75) is 64.8 Å². The summed E-state index contributed by atoms with van der Waals surface area (Å²) in [5.41, 5.74) is -0.0725. The fraction of sp³-hybridized carbons (Fsp3) is 0.929. The normalized spacial score (nSPS) is 35.8. The van der Waals surface area contributed by atoms with E-state index in [1.165, 1.54) is 32.1 Å². The van der Waals surface area contributed by atoms with Crippen LogP contribution in [0.15, 0.2) is 0 Å². The van der Waals surface area contributed by atoms with Crippen molar-refractivity contribution in [2.24, 2.45) is 11.3 Å². The summed E-state index contributed by atoms with van der Waals surface area (Å²) in [6.45, 7) is 5.35. The van der Waals surface area contributed by atoms with Crippen LogP contribution in [-0.2, 0) is 4.79 Å². The Kier molecular flexibility index (Phi) is 3.68. The van der Waals surface area contributed by atoms with Crippen molar-refractivity contribution in [2.75, 3.05) is 6.54 Å². The van der Waals surface area contributed by atoms with E-state index in [2.05, 4.69) is 19.2 Å². The van der Waals surface area contributed by atoms with E-state index in [1.54, 1.807) is 0 Å². The van der Waals surface area contributed by atoms with Crippen molar-refractivity contribution in [3.8, 4) is 0 Å². The van der Waals surface area contributed by atoms with Crippen molar-refractivity contribution in [1.82, 2.24) is 5.32 Å². The molecular weight excluding hydrogens is 198 g/mol. The van der Waals surface area contributed by atoms with E-state index in [1.807, 2.05) is 0 Å². The van der Waals surface area contributed by atoms with E-state index >= 15 is 0 Å². The summed E-state index contributed by atoms with van der Waals surface area (Å²) in [6.07, 6.45) is 8.51. The summed E-state index contributed by atoms with van der Waals surface area (Å²) >= 11 is 0. The van der Waals surface area contributed by atoms with Crippen LogP contribution >= 0.6 is 0 Å². The minimum absolute atomic E-state index is 0.0725. The number of hydrogen-bond donors (Lipinski definition) is 1. The first kappa shape index (κ1) is 12.1. The van der Waals surface area contributed by atoms with Crippen LogP contribution in [0.5, 0.6) is 0 Å². The molecule has 1 heterocycles. The van der Waals surface area contributed by atoms with E-state index in [-0.39, 0.29) is 5.41 Å². The molecule has 2 unspecified atom stereocenters. The van der Waals surface area contributed by atoms with Crippen molar-refractivity contribution in [3.63, 3.8) is 0 Å². The lowest BCUT2D eigenvalue weighted by molar-refractivity contribution is -0.135. The first-order chi connectivity index (χ1) is 7.61. The number of carbonyl (C=O) groups excluding carboxylic acids is 1. The topological polar surface area (TPSA) is 29.1 Å². The third-order valence-corrected chi connectivity index (χ3v) is 4.40. The molecule has 0 aromatic heterocycles. The molecule has 2 rings (SSSR count). The van der Waals surface area contributed by atoms with Gasteiger partial charge in [0.2, 0.25) is 0 Å². The zero-order valence-corrected chi connectivity index (χ0v) is 10.7. The Morgan fingerprint density at radius 1 is 1.12 bits per heavy atom. The second kappa shape index (κ2) is 4.87. The Balaban J connectivity index is 2.04. The van der Waals surface area contributed by atoms with Crippen LogP contribution in [0.2, 0.25) is 0 Å². The molecule has 2 fully saturated rings. The molecule has 1 saturated carbocycles. The Labute approximate surface area is 99.2 Å². The summed E-state index contributed by atoms with van der Waals surface area (Å²) in [4.78, 5) is 12.4. The number of nitrogens with one attached hydrogen (secondary N) is 1. The number of rotatable bonds is 1. The van der Waals surface area contributed by atoms with Gasteiger partial charge in [-0.1, -0.05) is 33.1 Å². The molecule has 0 aromatic carbocycles. The monoisotopic (exact) mass is 223 g/mol. The average molecular weight is 223 g/mol. The second-order valence-corrected chi connectivity index (χ2v) is 6.16. The van der Waals surface area contributed by atoms with Gasteiger partial charge in [-0.25, -0.2) is 0 Å². The Morgan fingerprint density at radius 3 is 2.75 bits per heavy atom. The highest BCUT2D eigenvalue weighted by Crippen LogP contribution is 2.37. The van der Waals surface area contributed by atoms with Crippen molar-refractivity contribution >= 4 is 5.78 Å². The SMILES string of the molecule is CC1(C)CCCC(C2CCCCCN2)C1=O. The van der Waals surface area contributed by atoms with Crippen LogP contribution in [-0.4, -0.2) is 18.4 Å². The molecule has 16 heavy (non-hydrogen) atoms. The summed E-state index contributed by atoms with van der Waals surface area (Å²) in [7, 11) is 0. The zero-order valence-electron chi connectivity index (χ0n) is 10.7. The summed E-state index contributed by atoms with van der Waals surface area (Å²) in [5.74, 6) is 0.806. The van der Waals surface area contributed by atoms with Gasteiger partial charge in [-0.3, -0.25) is 4.79 Å². The van der Waals surface area contributed by atoms with Gasteiger partial charge in [-0.15, -0.1) is 0 Å². The van der Waals surface area contributed by atoms with E-state index < -0.39 is 0 Å². The highest BCUT2D eigenvalue weighted by atomic mass is 16.1. The van der Waals surface area contributed by atoms with Crippen LogP contribution in [0.25, 0.3) is 0 Å². The van der Waals surface area contributed by atoms with Gasteiger partial charge in [0.05, 0.1) is 0 Å². The van der Waals surface area contributed by atoms with Crippen LogP contribution < -0.4 is 5.32 Å². The predicted molar refractivity (Wildman–Crippen MR) is 66.4 cm³/mol. The van der Waals surface area contributed by atoms with E-state index in [9.17, 15) is 4.79 Å². The minimum Gasteiger partial charge on any atom is -0.313 e. The van der Waals surface area contributed by atoms with Gasteiger partial charge in [-0.2, -0.15) is 0 Å². The van der Waals surface area contributed by atoms with E-state index in [4.69, 9.17) is 0 Å². The fourth-order valence-electron chi connectivity index (χ4n) is 3.30. The fourth-order valence-corrected chi connectivity index (χ4v) is 3.30. The van der Waals surface area contributed by atoms with Gasteiger partial charge in [0, 0.05) is 17.4 Å². The van der Waals surface area contributed by atoms with Crippen molar-refractivity contribution in [3.05, 3.63) is 0 Å². The number of Topliss-reactive ketones (excluding diaryl/α,β-unsaturated/α-hetero) is 1. The first-order valence-electron chi connectivity index (χ1n) is 6.89. The van der Waals surface area contributed by atoms with Gasteiger partial charge < -0.3 is 5.32 Å². The molecule has 1 aliphatic carbocycles. The molecular formula is C14H25NO. The largest absolute Gasteiger partial charge is 0.313 e. The van der Waals surface area contributed by atoms with Gasteiger partial charge in [0.25, 0.3) is 0 Å². The number of carbonyl (C=O) groups is 1. The second-order valence-electron chi connectivity index (χ2n) is 6.16. The molecule has 0 amide bonds. The standard InChI is InChI=1S/C14H25NO/c1-14(2)9-6-7-11(13(14)16)12-8-4-3-5-10-15-12/h11-12,15H,3-10H2,1-2H3.